The number of carbonyl (C=O) groups is 1. The van der Waals surface area contributed by atoms with Gasteiger partial charge in [0.2, 0.25) is 0 Å². The summed E-state index contributed by atoms with van der Waals surface area (Å²) < 4.78 is 0. The van der Waals surface area contributed by atoms with E-state index >= 15 is 0 Å². The molecule has 3 aromatic rings. The molecule has 0 saturated heterocycles. The third-order valence-corrected chi connectivity index (χ3v) is 4.73. The summed E-state index contributed by atoms with van der Waals surface area (Å²) in [6, 6.07) is 15.3. The van der Waals surface area contributed by atoms with Gasteiger partial charge in [0, 0.05) is 16.3 Å². The van der Waals surface area contributed by atoms with Crippen LogP contribution in [-0.2, 0) is 0 Å². The summed E-state index contributed by atoms with van der Waals surface area (Å²) in [5.41, 5.74) is 3.41. The monoisotopic (exact) mass is 342 g/mol. The highest BCUT2D eigenvalue weighted by molar-refractivity contribution is 7.13. The molecule has 5 heteroatoms. The molecule has 0 atom stereocenters. The maximum atomic E-state index is 12.5. The Balaban J connectivity index is 1.95. The Bertz CT molecular complexity index is 873. The molecule has 0 radical (unpaired) electrons. The molecule has 1 amide bonds. The van der Waals surface area contributed by atoms with E-state index in [2.05, 4.69) is 10.3 Å². The van der Waals surface area contributed by atoms with Gasteiger partial charge in [0.05, 0.1) is 10.7 Å². The van der Waals surface area contributed by atoms with Crippen LogP contribution in [0.3, 0.4) is 0 Å². The molecule has 0 spiro atoms. The molecule has 3 nitrogen and oxygen atoms in total. The highest BCUT2D eigenvalue weighted by Gasteiger charge is 2.15. The molecule has 2 aromatic carbocycles. The minimum Gasteiger partial charge on any atom is -0.321 e. The van der Waals surface area contributed by atoms with Gasteiger partial charge in [0.25, 0.3) is 5.91 Å². The third-order valence-electron chi connectivity index (χ3n) is 3.42. The Morgan fingerprint density at radius 1 is 1.13 bits per heavy atom. The second kappa shape index (κ2) is 6.52. The average Bonchev–Trinajstić information content (AvgIpc) is 2.86. The quantitative estimate of drug-likeness (QED) is 0.698. The van der Waals surface area contributed by atoms with Crippen molar-refractivity contribution in [3.63, 3.8) is 0 Å². The van der Waals surface area contributed by atoms with Gasteiger partial charge in [-0.2, -0.15) is 0 Å². The fourth-order valence-electron chi connectivity index (χ4n) is 2.42. The van der Waals surface area contributed by atoms with E-state index in [1.165, 1.54) is 11.3 Å². The lowest BCUT2D eigenvalue weighted by molar-refractivity contribution is 0.103. The number of aryl methyl sites for hydroxylation is 2. The minimum absolute atomic E-state index is 0.137. The number of halogens is 1. The van der Waals surface area contributed by atoms with Crippen molar-refractivity contribution in [2.75, 3.05) is 5.32 Å². The topological polar surface area (TPSA) is 42.0 Å². The molecule has 1 heterocycles. The lowest BCUT2D eigenvalue weighted by Crippen LogP contribution is -2.12. The first-order chi connectivity index (χ1) is 11.0. The van der Waals surface area contributed by atoms with E-state index in [1.54, 1.807) is 0 Å². The maximum absolute atomic E-state index is 12.5. The molecule has 0 bridgehead atoms. The second-order valence-corrected chi connectivity index (χ2v) is 6.80. The zero-order valence-corrected chi connectivity index (χ0v) is 14.3. The second-order valence-electron chi connectivity index (χ2n) is 5.16. The fourth-order valence-corrected chi connectivity index (χ4v) is 3.43. The number of carbonyl (C=O) groups excluding carboxylic acids is 1. The minimum atomic E-state index is -0.137. The predicted octanol–water partition coefficient (Wildman–Crippen LogP) is 5.33. The van der Waals surface area contributed by atoms with Crippen LogP contribution in [0.25, 0.3) is 11.1 Å². The lowest BCUT2D eigenvalue weighted by Gasteiger charge is -2.11. The number of amides is 1. The van der Waals surface area contributed by atoms with Crippen LogP contribution in [-0.4, -0.2) is 10.9 Å². The summed E-state index contributed by atoms with van der Waals surface area (Å²) in [7, 11) is 0. The number of nitrogens with zero attached hydrogens (tertiary/aromatic N) is 1. The van der Waals surface area contributed by atoms with Crippen LogP contribution in [0.4, 0.5) is 5.69 Å². The summed E-state index contributed by atoms with van der Waals surface area (Å²) in [5.74, 6) is -0.137. The standard InChI is InChI=1S/C18H15ClN2OS/c1-11-17(23-12(2)20-11)18(22)21-16-9-4-3-8-15(16)13-6-5-7-14(19)10-13/h3-10H,1-2H3,(H,21,22). The molecular weight excluding hydrogens is 328 g/mol. The summed E-state index contributed by atoms with van der Waals surface area (Å²) in [6.45, 7) is 3.75. The van der Waals surface area contributed by atoms with Crippen molar-refractivity contribution >= 4 is 34.5 Å². The van der Waals surface area contributed by atoms with Gasteiger partial charge in [0.1, 0.15) is 4.88 Å². The Kier molecular flexibility index (Phi) is 4.46. The first-order valence-electron chi connectivity index (χ1n) is 7.15. The van der Waals surface area contributed by atoms with Crippen molar-refractivity contribution in [1.29, 1.82) is 0 Å². The van der Waals surface area contributed by atoms with Crippen molar-refractivity contribution in [3.8, 4) is 11.1 Å². The molecule has 0 aliphatic rings. The Hall–Kier alpha value is -2.17. The van der Waals surface area contributed by atoms with E-state index in [0.717, 1.165) is 27.5 Å². The fraction of sp³-hybridized carbons (Fsp3) is 0.111. The van der Waals surface area contributed by atoms with Gasteiger partial charge in [-0.3, -0.25) is 4.79 Å². The summed E-state index contributed by atoms with van der Waals surface area (Å²) in [5, 5.41) is 4.54. The largest absolute Gasteiger partial charge is 0.321 e. The number of hydrogen-bond acceptors (Lipinski definition) is 3. The van der Waals surface area contributed by atoms with Gasteiger partial charge in [-0.15, -0.1) is 11.3 Å². The van der Waals surface area contributed by atoms with E-state index in [9.17, 15) is 4.79 Å². The van der Waals surface area contributed by atoms with Crippen LogP contribution in [0.15, 0.2) is 48.5 Å². The van der Waals surface area contributed by atoms with Crippen molar-refractivity contribution in [1.82, 2.24) is 4.98 Å². The normalized spacial score (nSPS) is 10.6. The Labute approximate surface area is 144 Å². The molecular formula is C18H15ClN2OS. The Morgan fingerprint density at radius 2 is 1.91 bits per heavy atom. The summed E-state index contributed by atoms with van der Waals surface area (Å²) in [4.78, 5) is 17.5. The molecule has 0 aliphatic heterocycles. The predicted molar refractivity (Wildman–Crippen MR) is 96.4 cm³/mol. The Morgan fingerprint density at radius 3 is 2.61 bits per heavy atom. The van der Waals surface area contributed by atoms with E-state index in [-0.39, 0.29) is 5.91 Å². The number of hydrogen-bond donors (Lipinski definition) is 1. The smallest absolute Gasteiger partial charge is 0.267 e. The van der Waals surface area contributed by atoms with Crippen molar-refractivity contribution in [2.24, 2.45) is 0 Å². The van der Waals surface area contributed by atoms with Gasteiger partial charge in [-0.1, -0.05) is 41.9 Å². The van der Waals surface area contributed by atoms with E-state index in [0.29, 0.717) is 9.90 Å². The van der Waals surface area contributed by atoms with Crippen molar-refractivity contribution in [2.45, 2.75) is 13.8 Å². The van der Waals surface area contributed by atoms with E-state index < -0.39 is 0 Å². The summed E-state index contributed by atoms with van der Waals surface area (Å²) >= 11 is 7.48. The number of thiazole rings is 1. The molecule has 0 unspecified atom stereocenters. The van der Waals surface area contributed by atoms with Crippen LogP contribution < -0.4 is 5.32 Å². The van der Waals surface area contributed by atoms with Crippen LogP contribution >= 0.6 is 22.9 Å². The number of benzene rings is 2. The number of aromatic nitrogens is 1. The molecule has 116 valence electrons. The highest BCUT2D eigenvalue weighted by Crippen LogP contribution is 2.30. The molecule has 3 rings (SSSR count). The lowest BCUT2D eigenvalue weighted by atomic mass is 10.0. The van der Waals surface area contributed by atoms with Gasteiger partial charge in [-0.25, -0.2) is 4.98 Å². The van der Waals surface area contributed by atoms with Crippen LogP contribution in [0.2, 0.25) is 5.02 Å². The number of anilines is 1. The van der Waals surface area contributed by atoms with E-state index in [4.69, 9.17) is 11.6 Å². The first kappa shape index (κ1) is 15.7. The van der Waals surface area contributed by atoms with Crippen molar-refractivity contribution in [3.05, 3.63) is 69.1 Å². The van der Waals surface area contributed by atoms with E-state index in [1.807, 2.05) is 62.4 Å². The van der Waals surface area contributed by atoms with Gasteiger partial charge < -0.3 is 5.32 Å². The van der Waals surface area contributed by atoms with Gasteiger partial charge in [0.15, 0.2) is 0 Å². The van der Waals surface area contributed by atoms with Gasteiger partial charge >= 0.3 is 0 Å². The maximum Gasteiger partial charge on any atom is 0.267 e. The van der Waals surface area contributed by atoms with Crippen LogP contribution in [0, 0.1) is 13.8 Å². The molecule has 23 heavy (non-hydrogen) atoms. The SMILES string of the molecule is Cc1nc(C)c(C(=O)Nc2ccccc2-c2cccc(Cl)c2)s1. The van der Waals surface area contributed by atoms with Crippen molar-refractivity contribution < 1.29 is 4.79 Å². The number of rotatable bonds is 3. The molecule has 0 aliphatic carbocycles. The van der Waals surface area contributed by atoms with Crippen LogP contribution in [0.1, 0.15) is 20.4 Å². The zero-order chi connectivity index (χ0) is 16.4. The molecule has 0 saturated carbocycles. The zero-order valence-electron chi connectivity index (χ0n) is 12.8. The number of para-hydroxylation sites is 1. The average molecular weight is 343 g/mol. The molecule has 0 fully saturated rings. The first-order valence-corrected chi connectivity index (χ1v) is 8.34. The number of nitrogens with one attached hydrogen (secondary N) is 1. The molecule has 1 N–H and O–H groups in total. The van der Waals surface area contributed by atoms with Gasteiger partial charge in [-0.05, 0) is 37.6 Å². The molecule has 1 aromatic heterocycles. The third kappa shape index (κ3) is 3.44. The van der Waals surface area contributed by atoms with Crippen LogP contribution in [0.5, 0.6) is 0 Å². The highest BCUT2D eigenvalue weighted by atomic mass is 35.5. The summed E-state index contributed by atoms with van der Waals surface area (Å²) in [6.07, 6.45) is 0.